The van der Waals surface area contributed by atoms with E-state index in [0.717, 1.165) is 24.4 Å². The maximum absolute atomic E-state index is 10.2. The number of hydrogen-bond acceptors (Lipinski definition) is 3. The minimum absolute atomic E-state index is 0.143. The van der Waals surface area contributed by atoms with Crippen molar-refractivity contribution in [2.75, 3.05) is 13.7 Å². The second kappa shape index (κ2) is 6.92. The van der Waals surface area contributed by atoms with Gasteiger partial charge >= 0.3 is 0 Å². The van der Waals surface area contributed by atoms with Crippen LogP contribution >= 0.6 is 0 Å². The number of aliphatic hydroxyl groups is 1. The van der Waals surface area contributed by atoms with Gasteiger partial charge in [-0.15, -0.1) is 0 Å². The molecule has 0 saturated heterocycles. The SMILES string of the molecule is COc1ccccc1CNCC(C)(C)C(O)C(C)C. The summed E-state index contributed by atoms with van der Waals surface area (Å²) in [4.78, 5) is 0. The fourth-order valence-electron chi connectivity index (χ4n) is 2.38. The van der Waals surface area contributed by atoms with Crippen molar-refractivity contribution in [3.63, 3.8) is 0 Å². The maximum atomic E-state index is 10.2. The molecule has 0 bridgehead atoms. The van der Waals surface area contributed by atoms with Gasteiger partial charge in [-0.2, -0.15) is 0 Å². The van der Waals surface area contributed by atoms with Crippen LogP contribution in [0.5, 0.6) is 5.75 Å². The van der Waals surface area contributed by atoms with Gasteiger partial charge in [0.25, 0.3) is 0 Å². The Labute approximate surface area is 117 Å². The Kier molecular flexibility index (Phi) is 5.83. The molecule has 0 aliphatic rings. The number of methoxy groups -OCH3 is 1. The van der Waals surface area contributed by atoms with Crippen molar-refractivity contribution in [1.82, 2.24) is 5.32 Å². The first kappa shape index (κ1) is 16.0. The third-order valence-corrected chi connectivity index (χ3v) is 3.52. The van der Waals surface area contributed by atoms with Gasteiger partial charge in [0, 0.05) is 24.1 Å². The first-order valence-electron chi connectivity index (χ1n) is 6.89. The summed E-state index contributed by atoms with van der Waals surface area (Å²) in [6, 6.07) is 7.99. The normalized spacial score (nSPS) is 13.6. The van der Waals surface area contributed by atoms with Crippen LogP contribution < -0.4 is 10.1 Å². The van der Waals surface area contributed by atoms with E-state index in [1.807, 2.05) is 32.0 Å². The van der Waals surface area contributed by atoms with E-state index in [-0.39, 0.29) is 17.4 Å². The Morgan fingerprint density at radius 3 is 2.47 bits per heavy atom. The van der Waals surface area contributed by atoms with E-state index in [0.29, 0.717) is 0 Å². The molecule has 108 valence electrons. The summed E-state index contributed by atoms with van der Waals surface area (Å²) >= 11 is 0. The van der Waals surface area contributed by atoms with Gasteiger partial charge in [-0.1, -0.05) is 45.9 Å². The summed E-state index contributed by atoms with van der Waals surface area (Å²) in [5.74, 6) is 1.17. The molecule has 0 aliphatic carbocycles. The van der Waals surface area contributed by atoms with Crippen LogP contribution in [0, 0.1) is 11.3 Å². The van der Waals surface area contributed by atoms with Crippen LogP contribution in [0.4, 0.5) is 0 Å². The summed E-state index contributed by atoms with van der Waals surface area (Å²) in [6.45, 7) is 9.79. The quantitative estimate of drug-likeness (QED) is 0.796. The molecule has 1 atom stereocenters. The van der Waals surface area contributed by atoms with Gasteiger partial charge in [-0.05, 0) is 12.0 Å². The maximum Gasteiger partial charge on any atom is 0.123 e. The molecule has 2 N–H and O–H groups in total. The summed E-state index contributed by atoms with van der Waals surface area (Å²) in [5.41, 5.74) is 0.996. The van der Waals surface area contributed by atoms with Gasteiger partial charge in [-0.3, -0.25) is 0 Å². The number of hydrogen-bond donors (Lipinski definition) is 2. The van der Waals surface area contributed by atoms with Crippen LogP contribution in [0.25, 0.3) is 0 Å². The molecule has 1 rings (SSSR count). The molecular formula is C16H27NO2. The van der Waals surface area contributed by atoms with Gasteiger partial charge < -0.3 is 15.2 Å². The minimum atomic E-state index is -0.308. The van der Waals surface area contributed by atoms with Crippen LogP contribution in [0.1, 0.15) is 33.3 Å². The van der Waals surface area contributed by atoms with Gasteiger partial charge in [0.2, 0.25) is 0 Å². The highest BCUT2D eigenvalue weighted by molar-refractivity contribution is 5.32. The molecule has 0 radical (unpaired) electrons. The van der Waals surface area contributed by atoms with Crippen LogP contribution in [0.15, 0.2) is 24.3 Å². The van der Waals surface area contributed by atoms with E-state index in [2.05, 4.69) is 25.2 Å². The molecule has 3 nitrogen and oxygen atoms in total. The van der Waals surface area contributed by atoms with Crippen LogP contribution in [-0.2, 0) is 6.54 Å². The zero-order valence-electron chi connectivity index (χ0n) is 12.7. The monoisotopic (exact) mass is 265 g/mol. The molecule has 0 fully saturated rings. The number of para-hydroxylation sites is 1. The van der Waals surface area contributed by atoms with Crippen molar-refractivity contribution in [2.24, 2.45) is 11.3 Å². The van der Waals surface area contributed by atoms with Gasteiger partial charge in [0.05, 0.1) is 13.2 Å². The largest absolute Gasteiger partial charge is 0.496 e. The highest BCUT2D eigenvalue weighted by Gasteiger charge is 2.29. The van der Waals surface area contributed by atoms with E-state index < -0.39 is 0 Å². The smallest absolute Gasteiger partial charge is 0.123 e. The lowest BCUT2D eigenvalue weighted by molar-refractivity contribution is 0.0134. The number of benzene rings is 1. The van der Waals surface area contributed by atoms with E-state index in [1.165, 1.54) is 0 Å². The predicted molar refractivity (Wildman–Crippen MR) is 79.3 cm³/mol. The zero-order valence-corrected chi connectivity index (χ0v) is 12.7. The fraction of sp³-hybridized carbons (Fsp3) is 0.625. The van der Waals surface area contributed by atoms with Crippen LogP contribution in [-0.4, -0.2) is 24.9 Å². The molecule has 0 heterocycles. The number of aliphatic hydroxyl groups excluding tert-OH is 1. The summed E-state index contributed by atoms with van der Waals surface area (Å²) < 4.78 is 5.32. The third kappa shape index (κ3) is 4.51. The Balaban J connectivity index is 2.54. The van der Waals surface area contributed by atoms with E-state index >= 15 is 0 Å². The van der Waals surface area contributed by atoms with Crippen molar-refractivity contribution in [2.45, 2.75) is 40.3 Å². The minimum Gasteiger partial charge on any atom is -0.496 e. The van der Waals surface area contributed by atoms with Crippen LogP contribution in [0.2, 0.25) is 0 Å². The van der Waals surface area contributed by atoms with Gasteiger partial charge in [0.15, 0.2) is 0 Å². The molecule has 0 aliphatic heterocycles. The number of ether oxygens (including phenoxy) is 1. The van der Waals surface area contributed by atoms with Crippen LogP contribution in [0.3, 0.4) is 0 Å². The summed E-state index contributed by atoms with van der Waals surface area (Å²) in [7, 11) is 1.69. The van der Waals surface area contributed by atoms with Crippen molar-refractivity contribution in [3.8, 4) is 5.75 Å². The second-order valence-corrected chi connectivity index (χ2v) is 6.09. The average Bonchev–Trinajstić information content (AvgIpc) is 2.38. The lowest BCUT2D eigenvalue weighted by Crippen LogP contribution is -2.41. The number of rotatable bonds is 7. The molecule has 1 aromatic carbocycles. The number of nitrogens with one attached hydrogen (secondary N) is 1. The molecule has 0 spiro atoms. The molecule has 0 amide bonds. The molecule has 0 saturated carbocycles. The topological polar surface area (TPSA) is 41.5 Å². The molecule has 19 heavy (non-hydrogen) atoms. The standard InChI is InChI=1S/C16H27NO2/c1-12(2)15(18)16(3,4)11-17-10-13-8-6-7-9-14(13)19-5/h6-9,12,15,17-18H,10-11H2,1-5H3. The highest BCUT2D eigenvalue weighted by Crippen LogP contribution is 2.25. The van der Waals surface area contributed by atoms with Crippen molar-refractivity contribution in [1.29, 1.82) is 0 Å². The lowest BCUT2D eigenvalue weighted by atomic mass is 9.80. The first-order chi connectivity index (χ1) is 8.88. The molecule has 3 heteroatoms. The summed E-state index contributed by atoms with van der Waals surface area (Å²) in [5, 5.41) is 13.6. The van der Waals surface area contributed by atoms with Gasteiger partial charge in [-0.25, -0.2) is 0 Å². The van der Waals surface area contributed by atoms with E-state index in [9.17, 15) is 5.11 Å². The zero-order chi connectivity index (χ0) is 14.5. The van der Waals surface area contributed by atoms with Crippen molar-refractivity contribution < 1.29 is 9.84 Å². The third-order valence-electron chi connectivity index (χ3n) is 3.52. The summed E-state index contributed by atoms with van der Waals surface area (Å²) in [6.07, 6.45) is -0.308. The fourth-order valence-corrected chi connectivity index (χ4v) is 2.38. The average molecular weight is 265 g/mol. The Hall–Kier alpha value is -1.06. The van der Waals surface area contributed by atoms with Crippen molar-refractivity contribution in [3.05, 3.63) is 29.8 Å². The second-order valence-electron chi connectivity index (χ2n) is 6.09. The van der Waals surface area contributed by atoms with E-state index in [4.69, 9.17) is 4.74 Å². The Bertz CT molecular complexity index is 388. The lowest BCUT2D eigenvalue weighted by Gasteiger charge is -2.33. The molecular weight excluding hydrogens is 238 g/mol. The Morgan fingerprint density at radius 1 is 1.26 bits per heavy atom. The molecule has 1 aromatic rings. The first-order valence-corrected chi connectivity index (χ1v) is 6.89. The Morgan fingerprint density at radius 2 is 1.89 bits per heavy atom. The van der Waals surface area contributed by atoms with Gasteiger partial charge in [0.1, 0.15) is 5.75 Å². The predicted octanol–water partition coefficient (Wildman–Crippen LogP) is 2.83. The molecule has 0 aromatic heterocycles. The molecule has 1 unspecified atom stereocenters. The highest BCUT2D eigenvalue weighted by atomic mass is 16.5. The van der Waals surface area contributed by atoms with Crippen molar-refractivity contribution >= 4 is 0 Å². The van der Waals surface area contributed by atoms with E-state index in [1.54, 1.807) is 7.11 Å².